The molecule has 0 aliphatic heterocycles. The molecule has 0 nitrogen and oxygen atoms in total. The van der Waals surface area contributed by atoms with E-state index in [1.165, 1.54) is 6.04 Å². The second kappa shape index (κ2) is 11.2. The Balaban J connectivity index is 0. The average molecular weight is 437 g/mol. The third-order valence-electron chi connectivity index (χ3n) is 5.26. The molecule has 0 amide bonds. The highest BCUT2D eigenvalue weighted by atomic mass is 28.4. The summed E-state index contributed by atoms with van der Waals surface area (Å²) in [4.78, 5) is 0. The molecule has 0 heterocycles. The van der Waals surface area contributed by atoms with Gasteiger partial charge in [-0.25, -0.2) is 0 Å². The lowest BCUT2D eigenvalue weighted by Crippen LogP contribution is -2.42. The monoisotopic (exact) mass is 436 g/mol. The second-order valence-corrected chi connectivity index (χ2v) is 41.0. The lowest BCUT2D eigenvalue weighted by atomic mass is 11.0. The van der Waals surface area contributed by atoms with Crippen molar-refractivity contribution in [3.63, 3.8) is 0 Å². The van der Waals surface area contributed by atoms with Crippen molar-refractivity contribution >= 4 is 50.6 Å². The first-order valence-corrected chi connectivity index (χ1v) is 29.1. The van der Waals surface area contributed by atoms with E-state index in [9.17, 15) is 0 Å². The summed E-state index contributed by atoms with van der Waals surface area (Å²) in [5.41, 5.74) is 8.61. The van der Waals surface area contributed by atoms with Crippen molar-refractivity contribution in [1.29, 1.82) is 0 Å². The molecule has 0 spiro atoms. The zero-order valence-electron chi connectivity index (χ0n) is 18.5. The number of rotatable bonds is 11. The highest BCUT2D eigenvalue weighted by Crippen LogP contribution is 2.27. The van der Waals surface area contributed by atoms with E-state index in [2.05, 4.69) is 72.4 Å². The maximum atomic E-state index is 2.74. The van der Waals surface area contributed by atoms with Crippen LogP contribution in [0.1, 0.15) is 14.4 Å². The Morgan fingerprint density at radius 3 is 1.12 bits per heavy atom. The second-order valence-electron chi connectivity index (χ2n) is 11.6. The zero-order chi connectivity index (χ0) is 18.5. The molecule has 0 fully saturated rings. The van der Waals surface area contributed by atoms with E-state index in [4.69, 9.17) is 0 Å². The summed E-state index contributed by atoms with van der Waals surface area (Å²) in [6.07, 6.45) is 0. The first kappa shape index (κ1) is 27.5. The summed E-state index contributed by atoms with van der Waals surface area (Å²) in [6, 6.07) is 1.52. The summed E-state index contributed by atoms with van der Waals surface area (Å²) >= 11 is 0. The van der Waals surface area contributed by atoms with E-state index in [0.29, 0.717) is 0 Å². The van der Waals surface area contributed by atoms with Gasteiger partial charge in [-0.3, -0.25) is 0 Å². The fourth-order valence-corrected chi connectivity index (χ4v) is 53.1. The first-order valence-electron chi connectivity index (χ1n) is 10.2. The molecule has 0 aromatic carbocycles. The molecule has 0 aromatic heterocycles. The molecule has 3 unspecified atom stereocenters. The smallest absolute Gasteiger partial charge is 0.0416 e. The Hall–Kier alpha value is 1.30. The van der Waals surface area contributed by atoms with Crippen molar-refractivity contribution in [2.45, 2.75) is 114 Å². The van der Waals surface area contributed by atoms with Crippen LogP contribution in [-0.2, 0) is 0 Å². The van der Waals surface area contributed by atoms with Crippen molar-refractivity contribution in [2.75, 3.05) is 0 Å². The van der Waals surface area contributed by atoms with Gasteiger partial charge in [0.2, 0.25) is 0 Å². The highest BCUT2D eigenvalue weighted by molar-refractivity contribution is 7.01. The Morgan fingerprint density at radius 2 is 0.833 bits per heavy atom. The molecular weight excluding hydrogens is 385 g/mol. The highest BCUT2D eigenvalue weighted by Gasteiger charge is 2.32. The molecule has 3 atom stereocenters. The minimum Gasteiger partial charge on any atom is -0.0776 e. The molecule has 0 aliphatic carbocycles. The molecule has 0 saturated carbocycles. The van der Waals surface area contributed by atoms with E-state index in [1.807, 2.05) is 0 Å². The van der Waals surface area contributed by atoms with Crippen LogP contribution in [0.5, 0.6) is 0 Å². The lowest BCUT2D eigenvalue weighted by Gasteiger charge is -2.33. The van der Waals surface area contributed by atoms with Crippen LogP contribution in [0.15, 0.2) is 0 Å². The Labute approximate surface area is 164 Å². The van der Waals surface area contributed by atoms with E-state index in [-0.39, 0.29) is 16.2 Å². The Kier molecular flexibility index (Phi) is 12.9. The van der Waals surface area contributed by atoms with Crippen LogP contribution in [0.2, 0.25) is 99.9 Å². The molecule has 0 aliphatic rings. The van der Waals surface area contributed by atoms with Crippen molar-refractivity contribution in [1.82, 2.24) is 0 Å². The summed E-state index contributed by atoms with van der Waals surface area (Å²) in [7, 11) is -3.82. The van der Waals surface area contributed by atoms with Crippen molar-refractivity contribution < 1.29 is 0 Å². The maximum absolute atomic E-state index is 2.74. The minimum atomic E-state index is -0.898. The van der Waals surface area contributed by atoms with Gasteiger partial charge in [-0.05, 0) is 0 Å². The normalized spacial score (nSPS) is 17.1. The molecule has 24 heavy (non-hydrogen) atoms. The van der Waals surface area contributed by atoms with Crippen LogP contribution in [0.3, 0.4) is 0 Å². The van der Waals surface area contributed by atoms with Crippen LogP contribution in [0.25, 0.3) is 0 Å². The van der Waals surface area contributed by atoms with Gasteiger partial charge in [0.15, 0.2) is 0 Å². The minimum absolute atomic E-state index is 0. The third-order valence-corrected chi connectivity index (χ3v) is 43.2. The fourth-order valence-electron chi connectivity index (χ4n) is 5.27. The van der Waals surface area contributed by atoms with E-state index >= 15 is 0 Å². The van der Waals surface area contributed by atoms with Gasteiger partial charge in [-0.15, -0.1) is 0 Å². The predicted molar refractivity (Wildman–Crippen MR) is 139 cm³/mol. The van der Waals surface area contributed by atoms with Crippen LogP contribution >= 0.6 is 0 Å². The van der Waals surface area contributed by atoms with Crippen molar-refractivity contribution in [3.05, 3.63) is 0 Å². The van der Waals surface area contributed by atoms with Gasteiger partial charge in [0, 0.05) is 50.6 Å². The van der Waals surface area contributed by atoms with Crippen LogP contribution < -0.4 is 0 Å². The summed E-state index contributed by atoms with van der Waals surface area (Å²) in [5.74, 6) is 0. The van der Waals surface area contributed by atoms with Gasteiger partial charge < -0.3 is 0 Å². The Bertz CT molecular complexity index is 335. The van der Waals surface area contributed by atoms with Crippen LogP contribution in [0.4, 0.5) is 0 Å². The van der Waals surface area contributed by atoms with Gasteiger partial charge in [-0.1, -0.05) is 114 Å². The molecule has 6 heteroatoms. The number of hydrogen-bond donors (Lipinski definition) is 0. The molecule has 0 bridgehead atoms. The molecule has 0 aromatic rings. The average Bonchev–Trinajstić information content (AvgIpc) is 2.21. The summed E-state index contributed by atoms with van der Waals surface area (Å²) in [5, 5.41) is 0. The third kappa shape index (κ3) is 14.5. The summed E-state index contributed by atoms with van der Waals surface area (Å²) < 4.78 is 0. The quantitative estimate of drug-likeness (QED) is 0.317. The SMILES string of the molecule is C.CC[SiH](C)C[Si](C)(C)C[SiH](C)C[Si](C)(C)C[SiH](C)C[Si](C)(C)C. The molecular formula is C18H52Si6. The predicted octanol–water partition coefficient (Wildman–Crippen LogP) is 6.66. The molecule has 0 saturated heterocycles. The fraction of sp³-hybridized carbons (Fsp3) is 1.00. The first-order chi connectivity index (χ1) is 10.2. The van der Waals surface area contributed by atoms with Crippen molar-refractivity contribution in [2.24, 2.45) is 0 Å². The van der Waals surface area contributed by atoms with E-state index in [1.54, 1.807) is 28.3 Å². The van der Waals surface area contributed by atoms with Crippen LogP contribution in [0, 0.1) is 0 Å². The molecule has 0 rings (SSSR count). The van der Waals surface area contributed by atoms with E-state index < -0.39 is 41.8 Å². The largest absolute Gasteiger partial charge is 0.0776 e. The maximum Gasteiger partial charge on any atom is 0.0416 e. The van der Waals surface area contributed by atoms with Crippen LogP contribution in [-0.4, -0.2) is 50.6 Å². The van der Waals surface area contributed by atoms with Gasteiger partial charge in [0.1, 0.15) is 0 Å². The lowest BCUT2D eigenvalue weighted by molar-refractivity contribution is 1.37. The molecule has 0 N–H and O–H groups in total. The van der Waals surface area contributed by atoms with Gasteiger partial charge in [0.05, 0.1) is 0 Å². The summed E-state index contributed by atoms with van der Waals surface area (Å²) in [6.45, 7) is 29.1. The van der Waals surface area contributed by atoms with Gasteiger partial charge in [0.25, 0.3) is 0 Å². The standard InChI is InChI=1S/C17H48Si6.CH4/c1-12-18(2)14-22(8,9)16-20(4)17-23(10,11)15-19(3)13-21(5,6)7;/h18-20H,12-17H2,1-11H3;1H4. The zero-order valence-corrected chi connectivity index (χ0v) is 24.9. The topological polar surface area (TPSA) is 0 Å². The number of hydrogen-bond acceptors (Lipinski definition) is 0. The van der Waals surface area contributed by atoms with Crippen molar-refractivity contribution in [3.8, 4) is 0 Å². The van der Waals surface area contributed by atoms with Gasteiger partial charge >= 0.3 is 0 Å². The Morgan fingerprint density at radius 1 is 0.542 bits per heavy atom. The van der Waals surface area contributed by atoms with E-state index in [0.717, 1.165) is 0 Å². The molecule has 148 valence electrons. The van der Waals surface area contributed by atoms with Gasteiger partial charge in [-0.2, -0.15) is 0 Å². The molecule has 0 radical (unpaired) electrons.